The van der Waals surface area contributed by atoms with Crippen LogP contribution < -0.4 is 37.6 Å². The molecule has 5 aromatic rings. The topological polar surface area (TPSA) is 381 Å². The third-order valence-electron chi connectivity index (χ3n) is 10.4. The monoisotopic (exact) mass is 929 g/mol. The van der Waals surface area contributed by atoms with E-state index in [0.29, 0.717) is 34.9 Å². The van der Waals surface area contributed by atoms with Crippen LogP contribution in [0.3, 0.4) is 0 Å². The lowest BCUT2D eigenvalue weighted by Gasteiger charge is -2.28. The van der Waals surface area contributed by atoms with E-state index in [0.717, 1.165) is 0 Å². The van der Waals surface area contributed by atoms with E-state index in [1.54, 1.807) is 6.20 Å². The van der Waals surface area contributed by atoms with E-state index < -0.39 is 83.7 Å². The summed E-state index contributed by atoms with van der Waals surface area (Å²) in [4.78, 5) is 131. The SMILES string of the molecule is CC(C)C[C@H](NC(=O)[C@H](Cc1c[nH]cn1)NC(=O)[C@H](Cc1c[nH]cn1)NC(=O)[C@@H](N)CC(C)C)C(=O)N[C@@H](Cc1c[nH]cn1)C(=O)N[C@@H](Cc1c[nH]cn1)C(=O)N[C@@H](Cc1c[nH]cn1)C(=O)O. The van der Waals surface area contributed by atoms with Crippen LogP contribution >= 0.6 is 0 Å². The minimum absolute atomic E-state index is 0.0422. The van der Waals surface area contributed by atoms with Crippen LogP contribution in [0.1, 0.15) is 69.0 Å². The number of amides is 6. The predicted octanol–water partition coefficient (Wildman–Crippen LogP) is -1.77. The molecule has 6 amide bonds. The predicted molar refractivity (Wildman–Crippen MR) is 238 cm³/mol. The van der Waals surface area contributed by atoms with Crippen molar-refractivity contribution in [3.63, 3.8) is 0 Å². The second kappa shape index (κ2) is 24.6. The molecule has 5 aromatic heterocycles. The number of nitrogens with one attached hydrogen (secondary N) is 11. The molecule has 0 saturated heterocycles. The van der Waals surface area contributed by atoms with Crippen LogP contribution in [0.4, 0.5) is 0 Å². The van der Waals surface area contributed by atoms with Gasteiger partial charge in [-0.1, -0.05) is 27.7 Å². The molecule has 7 atom stereocenters. The summed E-state index contributed by atoms with van der Waals surface area (Å²) in [6, 6.07) is -8.88. The van der Waals surface area contributed by atoms with Crippen molar-refractivity contribution in [1.82, 2.24) is 81.7 Å². The fourth-order valence-electron chi connectivity index (χ4n) is 7.05. The number of hydrogen-bond acceptors (Lipinski definition) is 13. The summed E-state index contributed by atoms with van der Waals surface area (Å²) in [5, 5.41) is 26.0. The van der Waals surface area contributed by atoms with Gasteiger partial charge in [0.15, 0.2) is 0 Å². The highest BCUT2D eigenvalue weighted by Crippen LogP contribution is 2.11. The minimum Gasteiger partial charge on any atom is -0.480 e. The maximum Gasteiger partial charge on any atom is 0.326 e. The highest BCUT2D eigenvalue weighted by molar-refractivity contribution is 5.97. The van der Waals surface area contributed by atoms with Crippen LogP contribution in [0.2, 0.25) is 0 Å². The Morgan fingerprint density at radius 1 is 0.433 bits per heavy atom. The van der Waals surface area contributed by atoms with Gasteiger partial charge in [0.1, 0.15) is 36.3 Å². The van der Waals surface area contributed by atoms with Crippen molar-refractivity contribution in [3.8, 4) is 0 Å². The van der Waals surface area contributed by atoms with Crippen LogP contribution in [0, 0.1) is 11.8 Å². The van der Waals surface area contributed by atoms with Gasteiger partial charge in [-0.3, -0.25) is 28.8 Å². The molecule has 0 fully saturated rings. The van der Waals surface area contributed by atoms with E-state index in [1.807, 2.05) is 27.7 Å². The molecule has 0 aliphatic carbocycles. The fraction of sp³-hybridized carbons (Fsp3) is 0.476. The van der Waals surface area contributed by atoms with Crippen molar-refractivity contribution in [3.05, 3.63) is 91.1 Å². The lowest BCUT2D eigenvalue weighted by Crippen LogP contribution is -2.61. The molecule has 0 aromatic carbocycles. The summed E-state index contributed by atoms with van der Waals surface area (Å²) in [5.41, 5.74) is 8.12. The third-order valence-corrected chi connectivity index (χ3v) is 10.4. The zero-order chi connectivity index (χ0) is 48.5. The average molecular weight is 930 g/mol. The van der Waals surface area contributed by atoms with E-state index in [2.05, 4.69) is 81.7 Å². The van der Waals surface area contributed by atoms with Crippen molar-refractivity contribution < 1.29 is 38.7 Å². The third kappa shape index (κ3) is 16.1. The highest BCUT2D eigenvalue weighted by atomic mass is 16.4. The molecule has 0 unspecified atom stereocenters. The van der Waals surface area contributed by atoms with Crippen molar-refractivity contribution in [2.75, 3.05) is 0 Å². The number of nitrogens with two attached hydrogens (primary N) is 1. The van der Waals surface area contributed by atoms with Crippen molar-refractivity contribution >= 4 is 41.4 Å². The van der Waals surface area contributed by atoms with Crippen LogP contribution in [0.5, 0.6) is 0 Å². The second-order valence-electron chi connectivity index (χ2n) is 16.9. The van der Waals surface area contributed by atoms with Gasteiger partial charge in [0, 0.05) is 63.1 Å². The number of H-pyrrole nitrogens is 5. The van der Waals surface area contributed by atoms with Gasteiger partial charge in [0.2, 0.25) is 35.4 Å². The second-order valence-corrected chi connectivity index (χ2v) is 16.9. The van der Waals surface area contributed by atoms with Gasteiger partial charge in [-0.25, -0.2) is 29.7 Å². The first kappa shape index (κ1) is 50.3. The zero-order valence-corrected chi connectivity index (χ0v) is 37.5. The van der Waals surface area contributed by atoms with Crippen LogP contribution in [-0.4, -0.2) is 139 Å². The van der Waals surface area contributed by atoms with Gasteiger partial charge in [-0.15, -0.1) is 0 Å². The molecule has 0 aliphatic rings. The first-order valence-electron chi connectivity index (χ1n) is 21.7. The molecule has 5 rings (SSSR count). The number of carboxylic acid groups (broad SMARTS) is 1. The number of nitrogens with zero attached hydrogens (tertiary/aromatic N) is 5. The molecule has 360 valence electrons. The van der Waals surface area contributed by atoms with Gasteiger partial charge in [-0.2, -0.15) is 0 Å². The Labute approximate surface area is 384 Å². The molecule has 14 N–H and O–H groups in total. The molecule has 0 spiro atoms. The number of rotatable bonds is 27. The Morgan fingerprint density at radius 2 is 0.687 bits per heavy atom. The standard InChI is InChI=1S/C42H59N17O8/c1-22(2)5-29(43)36(60)54-31(7-24-12-44-17-49-24)38(62)57-32(8-25-13-45-18-50-25)39(63)55-30(6-23(3)4)37(61)56-33(9-26-14-46-19-51-26)40(64)58-34(10-27-15-47-20-52-27)41(65)59-35(42(66)67)11-28-16-48-21-53-28/h12-23,29-35H,5-11,43H2,1-4H3,(H,44,49)(H,45,50)(H,46,51)(H,47,52)(H,48,53)(H,54,60)(H,55,63)(H,56,61)(H,57,62)(H,58,64)(H,59,65)(H,66,67)/t29-,30-,31-,32-,33-,34-,35-/m0/s1. The zero-order valence-electron chi connectivity index (χ0n) is 37.5. The van der Waals surface area contributed by atoms with E-state index in [1.165, 1.54) is 56.4 Å². The number of aliphatic carboxylic acids is 1. The molecule has 67 heavy (non-hydrogen) atoms. The molecule has 25 heteroatoms. The van der Waals surface area contributed by atoms with E-state index >= 15 is 0 Å². The molecule has 0 radical (unpaired) electrons. The van der Waals surface area contributed by atoms with Gasteiger partial charge < -0.3 is 67.7 Å². The number of carboxylic acids is 1. The van der Waals surface area contributed by atoms with Gasteiger partial charge >= 0.3 is 5.97 Å². The largest absolute Gasteiger partial charge is 0.480 e. The number of aromatic nitrogens is 10. The Hall–Kier alpha value is -7.70. The van der Waals surface area contributed by atoms with Crippen LogP contribution in [0.15, 0.2) is 62.6 Å². The fourth-order valence-corrected chi connectivity index (χ4v) is 7.05. The molecule has 0 saturated carbocycles. The molecular formula is C42H59N17O8. The number of aromatic amines is 5. The van der Waals surface area contributed by atoms with Gasteiger partial charge in [0.25, 0.3) is 0 Å². The van der Waals surface area contributed by atoms with Gasteiger partial charge in [0.05, 0.1) is 66.1 Å². The number of carbonyl (C=O) groups is 7. The lowest BCUT2D eigenvalue weighted by atomic mass is 10.0. The van der Waals surface area contributed by atoms with Crippen LogP contribution in [0.25, 0.3) is 0 Å². The maximum atomic E-state index is 14.3. The summed E-state index contributed by atoms with van der Waals surface area (Å²) in [7, 11) is 0. The Morgan fingerprint density at radius 3 is 0.955 bits per heavy atom. The van der Waals surface area contributed by atoms with Crippen molar-refractivity contribution in [2.45, 2.75) is 115 Å². The van der Waals surface area contributed by atoms with Crippen molar-refractivity contribution in [2.24, 2.45) is 17.6 Å². The summed E-state index contributed by atoms with van der Waals surface area (Å²) < 4.78 is 0. The average Bonchev–Trinajstić information content (AvgIpc) is 4.14. The molecule has 0 aliphatic heterocycles. The maximum absolute atomic E-state index is 14.3. The Balaban J connectivity index is 1.36. The molecule has 0 bridgehead atoms. The highest BCUT2D eigenvalue weighted by Gasteiger charge is 2.35. The molecular weight excluding hydrogens is 871 g/mol. The lowest BCUT2D eigenvalue weighted by molar-refractivity contribution is -0.142. The Bertz CT molecular complexity index is 2310. The minimum atomic E-state index is -1.41. The quantitative estimate of drug-likeness (QED) is 0.0277. The van der Waals surface area contributed by atoms with E-state index in [4.69, 9.17) is 5.73 Å². The molecule has 25 nitrogen and oxygen atoms in total. The summed E-state index contributed by atoms with van der Waals surface area (Å²) >= 11 is 0. The van der Waals surface area contributed by atoms with E-state index in [-0.39, 0.29) is 50.4 Å². The summed E-state index contributed by atoms with van der Waals surface area (Å²) in [5.74, 6) is -5.93. The van der Waals surface area contributed by atoms with E-state index in [9.17, 15) is 38.7 Å². The van der Waals surface area contributed by atoms with Crippen molar-refractivity contribution in [1.29, 1.82) is 0 Å². The Kier molecular flexibility index (Phi) is 18.4. The molecule has 5 heterocycles. The normalized spacial score (nSPS) is 14.5. The smallest absolute Gasteiger partial charge is 0.326 e. The summed E-state index contributed by atoms with van der Waals surface area (Å²) in [6.07, 6.45) is 14.4. The van der Waals surface area contributed by atoms with Crippen LogP contribution in [-0.2, 0) is 65.7 Å². The van der Waals surface area contributed by atoms with Gasteiger partial charge in [-0.05, 0) is 24.7 Å². The first-order chi connectivity index (χ1) is 32.0. The first-order valence-corrected chi connectivity index (χ1v) is 21.7. The number of carbonyl (C=O) groups excluding carboxylic acids is 6. The number of hydrogen-bond donors (Lipinski definition) is 13. The number of imidazole rings is 5. The summed E-state index contributed by atoms with van der Waals surface area (Å²) in [6.45, 7) is 7.47.